The van der Waals surface area contributed by atoms with Crippen LogP contribution < -0.4 is 10.6 Å². The maximum absolute atomic E-state index is 12.2. The fourth-order valence-electron chi connectivity index (χ4n) is 1.41. The van der Waals surface area contributed by atoms with E-state index in [1.54, 1.807) is 45.2 Å². The molecule has 0 aliphatic heterocycles. The van der Waals surface area contributed by atoms with E-state index < -0.39 is 5.41 Å². The van der Waals surface area contributed by atoms with E-state index in [0.717, 1.165) is 0 Å². The monoisotopic (exact) mass is 298 g/mol. The highest BCUT2D eigenvalue weighted by Gasteiger charge is 2.35. The first-order chi connectivity index (χ1) is 9.37. The molecule has 0 bridgehead atoms. The number of halogens is 1. The molecule has 2 N–H and O–H groups in total. The molecule has 5 nitrogen and oxygen atoms in total. The van der Waals surface area contributed by atoms with Gasteiger partial charge in [0.15, 0.2) is 0 Å². The molecule has 1 rings (SSSR count). The molecule has 0 atom stereocenters. The summed E-state index contributed by atoms with van der Waals surface area (Å²) in [5.41, 5.74) is -0.579. The van der Waals surface area contributed by atoms with Crippen molar-refractivity contribution in [3.63, 3.8) is 0 Å². The SMILES string of the molecule is COCCNC(=O)C(C)(C)C(=O)Nc1ccc(Cl)cc1. The number of methoxy groups -OCH3 is 1. The molecule has 110 valence electrons. The topological polar surface area (TPSA) is 67.4 Å². The summed E-state index contributed by atoms with van der Waals surface area (Å²) in [5, 5.41) is 5.93. The number of ether oxygens (including phenoxy) is 1. The maximum Gasteiger partial charge on any atom is 0.239 e. The highest BCUT2D eigenvalue weighted by molar-refractivity contribution is 6.30. The molecule has 6 heteroatoms. The molecule has 0 saturated heterocycles. The standard InChI is InChI=1S/C14H19ClN2O3/c1-14(2,12(18)16-8-9-20-3)13(19)17-11-6-4-10(15)5-7-11/h4-7H,8-9H2,1-3H3,(H,16,18)(H,17,19). The van der Waals surface area contributed by atoms with Crippen molar-refractivity contribution in [3.8, 4) is 0 Å². The van der Waals surface area contributed by atoms with Crippen LogP contribution in [-0.2, 0) is 14.3 Å². The lowest BCUT2D eigenvalue weighted by atomic mass is 9.91. The zero-order valence-corrected chi connectivity index (χ0v) is 12.6. The number of amides is 2. The Labute approximate surface area is 123 Å². The molecule has 0 unspecified atom stereocenters. The van der Waals surface area contributed by atoms with Crippen LogP contribution in [0, 0.1) is 5.41 Å². The normalized spacial score (nSPS) is 11.0. The summed E-state index contributed by atoms with van der Waals surface area (Å²) in [5.74, 6) is -0.726. The van der Waals surface area contributed by atoms with Gasteiger partial charge in [0.05, 0.1) is 6.61 Å². The van der Waals surface area contributed by atoms with Crippen molar-refractivity contribution in [2.75, 3.05) is 25.6 Å². The quantitative estimate of drug-likeness (QED) is 0.624. The highest BCUT2D eigenvalue weighted by atomic mass is 35.5. The van der Waals surface area contributed by atoms with E-state index in [-0.39, 0.29) is 11.8 Å². The van der Waals surface area contributed by atoms with E-state index >= 15 is 0 Å². The number of hydrogen-bond acceptors (Lipinski definition) is 3. The lowest BCUT2D eigenvalue weighted by molar-refractivity contribution is -0.138. The van der Waals surface area contributed by atoms with Crippen LogP contribution in [0.5, 0.6) is 0 Å². The molecule has 2 amide bonds. The second-order valence-corrected chi connectivity index (χ2v) is 5.27. The zero-order chi connectivity index (χ0) is 15.2. The van der Waals surface area contributed by atoms with Crippen LogP contribution in [-0.4, -0.2) is 32.1 Å². The first-order valence-corrected chi connectivity index (χ1v) is 6.60. The van der Waals surface area contributed by atoms with Crippen molar-refractivity contribution in [2.24, 2.45) is 5.41 Å². The fraction of sp³-hybridized carbons (Fsp3) is 0.429. The van der Waals surface area contributed by atoms with E-state index in [0.29, 0.717) is 23.9 Å². The molecule has 0 heterocycles. The summed E-state index contributed by atoms with van der Waals surface area (Å²) in [7, 11) is 1.55. The largest absolute Gasteiger partial charge is 0.383 e. The lowest BCUT2D eigenvalue weighted by Crippen LogP contribution is -2.45. The number of carbonyl (C=O) groups excluding carboxylic acids is 2. The zero-order valence-electron chi connectivity index (χ0n) is 11.8. The van der Waals surface area contributed by atoms with Gasteiger partial charge in [-0.15, -0.1) is 0 Å². The minimum absolute atomic E-state index is 0.346. The Bertz CT molecular complexity index is 472. The second-order valence-electron chi connectivity index (χ2n) is 4.83. The molecule has 0 spiro atoms. The smallest absolute Gasteiger partial charge is 0.239 e. The average molecular weight is 299 g/mol. The van der Waals surface area contributed by atoms with Gasteiger partial charge in [0.1, 0.15) is 5.41 Å². The van der Waals surface area contributed by atoms with Crippen LogP contribution in [0.2, 0.25) is 5.02 Å². The fourth-order valence-corrected chi connectivity index (χ4v) is 1.54. The molecule has 1 aromatic carbocycles. The first-order valence-electron chi connectivity index (χ1n) is 6.22. The Balaban J connectivity index is 2.64. The van der Waals surface area contributed by atoms with Crippen molar-refractivity contribution >= 4 is 29.1 Å². The van der Waals surface area contributed by atoms with E-state index in [4.69, 9.17) is 16.3 Å². The summed E-state index contributed by atoms with van der Waals surface area (Å²) in [6, 6.07) is 6.70. The van der Waals surface area contributed by atoms with Crippen LogP contribution in [0.3, 0.4) is 0 Å². The van der Waals surface area contributed by atoms with Crippen LogP contribution in [0.1, 0.15) is 13.8 Å². The van der Waals surface area contributed by atoms with Crippen molar-refractivity contribution in [1.82, 2.24) is 5.32 Å². The van der Waals surface area contributed by atoms with Gasteiger partial charge >= 0.3 is 0 Å². The number of rotatable bonds is 6. The first kappa shape index (κ1) is 16.5. The molecule has 0 saturated carbocycles. The molecular weight excluding hydrogens is 280 g/mol. The Morgan fingerprint density at radius 3 is 2.35 bits per heavy atom. The van der Waals surface area contributed by atoms with Gasteiger partial charge in [-0.05, 0) is 38.1 Å². The lowest BCUT2D eigenvalue weighted by Gasteiger charge is -2.22. The summed E-state index contributed by atoms with van der Waals surface area (Å²) in [6.45, 7) is 3.91. The van der Waals surface area contributed by atoms with Crippen LogP contribution in [0.4, 0.5) is 5.69 Å². The van der Waals surface area contributed by atoms with E-state index in [9.17, 15) is 9.59 Å². The number of carbonyl (C=O) groups is 2. The molecule has 0 aromatic heterocycles. The number of hydrogen-bond donors (Lipinski definition) is 2. The summed E-state index contributed by atoms with van der Waals surface area (Å²) in [4.78, 5) is 24.1. The molecule has 0 radical (unpaired) electrons. The summed E-state index contributed by atoms with van der Waals surface area (Å²) in [6.07, 6.45) is 0. The van der Waals surface area contributed by atoms with Crippen molar-refractivity contribution in [1.29, 1.82) is 0 Å². The third kappa shape index (κ3) is 4.51. The minimum atomic E-state index is -1.17. The Morgan fingerprint density at radius 2 is 1.80 bits per heavy atom. The summed E-state index contributed by atoms with van der Waals surface area (Å²) < 4.78 is 4.84. The predicted molar refractivity (Wildman–Crippen MR) is 78.7 cm³/mol. The van der Waals surface area contributed by atoms with Gasteiger partial charge in [-0.2, -0.15) is 0 Å². The van der Waals surface area contributed by atoms with Crippen molar-refractivity contribution in [2.45, 2.75) is 13.8 Å². The van der Waals surface area contributed by atoms with Gasteiger partial charge in [0.2, 0.25) is 11.8 Å². The molecule has 1 aromatic rings. The third-order valence-corrected chi connectivity index (χ3v) is 3.08. The Morgan fingerprint density at radius 1 is 1.20 bits per heavy atom. The van der Waals surface area contributed by atoms with Gasteiger partial charge in [0, 0.05) is 24.4 Å². The molecular formula is C14H19ClN2O3. The molecule has 0 aliphatic carbocycles. The summed E-state index contributed by atoms with van der Waals surface area (Å²) >= 11 is 5.77. The van der Waals surface area contributed by atoms with Gasteiger partial charge < -0.3 is 15.4 Å². The molecule has 20 heavy (non-hydrogen) atoms. The van der Waals surface area contributed by atoms with E-state index in [2.05, 4.69) is 10.6 Å². The Hall–Kier alpha value is -1.59. The van der Waals surface area contributed by atoms with Gasteiger partial charge in [-0.1, -0.05) is 11.6 Å². The number of nitrogens with one attached hydrogen (secondary N) is 2. The van der Waals surface area contributed by atoms with Gasteiger partial charge in [-0.3, -0.25) is 9.59 Å². The van der Waals surface area contributed by atoms with Crippen molar-refractivity contribution < 1.29 is 14.3 Å². The Kier molecular flexibility index (Phi) is 5.98. The number of benzene rings is 1. The van der Waals surface area contributed by atoms with Crippen molar-refractivity contribution in [3.05, 3.63) is 29.3 Å². The average Bonchev–Trinajstić information content (AvgIpc) is 2.41. The third-order valence-electron chi connectivity index (χ3n) is 2.83. The second kappa shape index (κ2) is 7.26. The van der Waals surface area contributed by atoms with Crippen LogP contribution >= 0.6 is 11.6 Å². The van der Waals surface area contributed by atoms with Gasteiger partial charge in [0.25, 0.3) is 0 Å². The maximum atomic E-state index is 12.2. The molecule has 0 aliphatic rings. The minimum Gasteiger partial charge on any atom is -0.383 e. The molecule has 0 fully saturated rings. The van der Waals surface area contributed by atoms with E-state index in [1.165, 1.54) is 0 Å². The number of anilines is 1. The van der Waals surface area contributed by atoms with Crippen LogP contribution in [0.15, 0.2) is 24.3 Å². The predicted octanol–water partition coefficient (Wildman–Crippen LogP) is 2.07. The van der Waals surface area contributed by atoms with Gasteiger partial charge in [-0.25, -0.2) is 0 Å². The van der Waals surface area contributed by atoms with Crippen LogP contribution in [0.25, 0.3) is 0 Å². The van der Waals surface area contributed by atoms with E-state index in [1.807, 2.05) is 0 Å². The highest BCUT2D eigenvalue weighted by Crippen LogP contribution is 2.20.